The highest BCUT2D eigenvalue weighted by molar-refractivity contribution is 6.18. The number of Topliss-reactive ketones (excluding diaryl/α,β-unsaturated/α-hetero) is 1. The summed E-state index contributed by atoms with van der Waals surface area (Å²) >= 11 is 5.40. The van der Waals surface area contributed by atoms with Crippen LogP contribution in [0, 0.1) is 11.6 Å². The van der Waals surface area contributed by atoms with Crippen molar-refractivity contribution in [3.8, 4) is 5.75 Å². The molecule has 0 aliphatic heterocycles. The fourth-order valence-corrected chi connectivity index (χ4v) is 2.04. The maximum Gasteiger partial charge on any atom is 0.191 e. The van der Waals surface area contributed by atoms with Gasteiger partial charge in [0.05, 0.1) is 5.88 Å². The average molecular weight is 261 g/mol. The predicted octanol–water partition coefficient (Wildman–Crippen LogP) is 3.10. The van der Waals surface area contributed by atoms with Gasteiger partial charge in [-0.05, 0) is 18.9 Å². The van der Waals surface area contributed by atoms with Crippen LogP contribution in [0.4, 0.5) is 8.78 Å². The molecule has 2 nitrogen and oxygen atoms in total. The van der Waals surface area contributed by atoms with Gasteiger partial charge in [0, 0.05) is 17.5 Å². The van der Waals surface area contributed by atoms with E-state index in [2.05, 4.69) is 0 Å². The zero-order valence-corrected chi connectivity index (χ0v) is 9.82. The first-order chi connectivity index (χ1) is 8.15. The first-order valence-electron chi connectivity index (χ1n) is 5.38. The van der Waals surface area contributed by atoms with Crippen molar-refractivity contribution in [2.24, 2.45) is 0 Å². The lowest BCUT2D eigenvalue weighted by molar-refractivity contribution is 0.0970. The van der Waals surface area contributed by atoms with Gasteiger partial charge in [0.15, 0.2) is 23.2 Å². The molecule has 0 bridgehead atoms. The second-order valence-corrected chi connectivity index (χ2v) is 4.22. The summed E-state index contributed by atoms with van der Waals surface area (Å²) < 4.78 is 32.5. The van der Waals surface area contributed by atoms with Crippen LogP contribution >= 0.6 is 11.6 Å². The molecule has 1 aliphatic carbocycles. The van der Waals surface area contributed by atoms with E-state index in [-0.39, 0.29) is 29.4 Å². The smallest absolute Gasteiger partial charge is 0.191 e. The van der Waals surface area contributed by atoms with E-state index in [4.69, 9.17) is 16.3 Å². The maximum absolute atomic E-state index is 14.0. The highest BCUT2D eigenvalue weighted by atomic mass is 35.5. The molecule has 0 aromatic heterocycles. The van der Waals surface area contributed by atoms with Gasteiger partial charge in [0.1, 0.15) is 6.61 Å². The Labute approximate surface area is 103 Å². The molecular formula is C12H11ClF2O2. The number of ketones is 1. The molecule has 0 saturated heterocycles. The predicted molar refractivity (Wildman–Crippen MR) is 59.8 cm³/mol. The van der Waals surface area contributed by atoms with Crippen molar-refractivity contribution in [2.75, 3.05) is 12.5 Å². The van der Waals surface area contributed by atoms with Crippen LogP contribution < -0.4 is 4.74 Å². The summed E-state index contributed by atoms with van der Waals surface area (Å²) in [6.07, 6.45) is 1.36. The van der Waals surface area contributed by atoms with Gasteiger partial charge in [-0.2, -0.15) is 0 Å². The van der Waals surface area contributed by atoms with Crippen LogP contribution in [0.15, 0.2) is 6.07 Å². The molecule has 0 N–H and O–H groups in total. The van der Waals surface area contributed by atoms with E-state index in [9.17, 15) is 13.6 Å². The third kappa shape index (κ3) is 2.27. The van der Waals surface area contributed by atoms with Crippen LogP contribution in [-0.2, 0) is 6.42 Å². The number of rotatable bonds is 3. The lowest BCUT2D eigenvalue weighted by Gasteiger charge is -2.18. The Bertz CT molecular complexity index is 460. The fourth-order valence-electron chi connectivity index (χ4n) is 1.97. The largest absolute Gasteiger partial charge is 0.486 e. The summed E-state index contributed by atoms with van der Waals surface area (Å²) in [4.78, 5) is 11.5. The Morgan fingerprint density at radius 1 is 1.35 bits per heavy atom. The number of alkyl halides is 1. The number of halogens is 3. The molecule has 1 aromatic rings. The van der Waals surface area contributed by atoms with Crippen LogP contribution in [0.1, 0.15) is 28.8 Å². The fraction of sp³-hybridized carbons (Fsp3) is 0.417. The number of fused-ring (bicyclic) bond motifs is 1. The number of hydrogen-bond donors (Lipinski definition) is 0. The summed E-state index contributed by atoms with van der Waals surface area (Å²) in [6.45, 7) is 0.0299. The van der Waals surface area contributed by atoms with E-state index in [0.29, 0.717) is 19.3 Å². The molecule has 5 heteroatoms. The monoisotopic (exact) mass is 260 g/mol. The lowest BCUT2D eigenvalue weighted by atomic mass is 9.90. The van der Waals surface area contributed by atoms with E-state index in [1.165, 1.54) is 0 Å². The molecule has 0 unspecified atom stereocenters. The number of carbonyl (C=O) groups is 1. The second kappa shape index (κ2) is 5.00. The van der Waals surface area contributed by atoms with Crippen LogP contribution in [-0.4, -0.2) is 18.3 Å². The Hall–Kier alpha value is -1.16. The third-order valence-electron chi connectivity index (χ3n) is 2.73. The second-order valence-electron chi connectivity index (χ2n) is 3.84. The van der Waals surface area contributed by atoms with Crippen molar-refractivity contribution in [3.63, 3.8) is 0 Å². The molecule has 0 fully saturated rings. The highest BCUT2D eigenvalue weighted by Gasteiger charge is 2.25. The minimum Gasteiger partial charge on any atom is -0.486 e. The van der Waals surface area contributed by atoms with E-state index < -0.39 is 17.4 Å². The van der Waals surface area contributed by atoms with Gasteiger partial charge in [0.2, 0.25) is 0 Å². The molecule has 0 radical (unpaired) electrons. The number of benzene rings is 1. The van der Waals surface area contributed by atoms with Gasteiger partial charge in [-0.25, -0.2) is 8.78 Å². The van der Waals surface area contributed by atoms with Crippen molar-refractivity contribution in [3.05, 3.63) is 28.8 Å². The molecule has 92 valence electrons. The number of carbonyl (C=O) groups excluding carboxylic acids is 1. The summed E-state index contributed by atoms with van der Waals surface area (Å²) in [7, 11) is 0. The van der Waals surface area contributed by atoms with Gasteiger partial charge in [0.25, 0.3) is 0 Å². The highest BCUT2D eigenvalue weighted by Crippen LogP contribution is 2.32. The molecule has 0 heterocycles. The quantitative estimate of drug-likeness (QED) is 0.781. The van der Waals surface area contributed by atoms with E-state index in [1.807, 2.05) is 0 Å². The van der Waals surface area contributed by atoms with Gasteiger partial charge in [-0.1, -0.05) is 0 Å². The van der Waals surface area contributed by atoms with Crippen molar-refractivity contribution in [1.29, 1.82) is 0 Å². The van der Waals surface area contributed by atoms with Crippen molar-refractivity contribution < 1.29 is 18.3 Å². The first-order valence-corrected chi connectivity index (χ1v) is 5.91. The van der Waals surface area contributed by atoms with Crippen LogP contribution in [0.3, 0.4) is 0 Å². The Kier molecular flexibility index (Phi) is 3.62. The standard InChI is InChI=1S/C12H11ClF2O2/c13-4-5-17-12-9(14)6-8-7(11(12)15)2-1-3-10(8)16/h6H,1-5H2. The van der Waals surface area contributed by atoms with Gasteiger partial charge in [-0.3, -0.25) is 4.79 Å². The van der Waals surface area contributed by atoms with E-state index in [1.54, 1.807) is 0 Å². The van der Waals surface area contributed by atoms with E-state index >= 15 is 0 Å². The zero-order chi connectivity index (χ0) is 12.4. The zero-order valence-electron chi connectivity index (χ0n) is 9.06. The molecule has 1 aliphatic rings. The SMILES string of the molecule is O=C1CCCc2c1cc(F)c(OCCCl)c2F. The molecule has 0 atom stereocenters. The van der Waals surface area contributed by atoms with Crippen molar-refractivity contribution in [1.82, 2.24) is 0 Å². The van der Waals surface area contributed by atoms with Crippen LogP contribution in [0.5, 0.6) is 5.75 Å². The number of hydrogen-bond acceptors (Lipinski definition) is 2. The molecule has 1 aromatic carbocycles. The minimum absolute atomic E-state index is 0.0299. The Balaban J connectivity index is 2.46. The van der Waals surface area contributed by atoms with Crippen molar-refractivity contribution >= 4 is 17.4 Å². The minimum atomic E-state index is -0.846. The molecule has 0 saturated carbocycles. The van der Waals surface area contributed by atoms with Crippen LogP contribution in [0.2, 0.25) is 0 Å². The summed E-state index contributed by atoms with van der Waals surface area (Å²) in [5.41, 5.74) is 0.400. The van der Waals surface area contributed by atoms with Gasteiger partial charge in [-0.15, -0.1) is 11.6 Å². The average Bonchev–Trinajstić information content (AvgIpc) is 2.31. The van der Waals surface area contributed by atoms with Gasteiger partial charge < -0.3 is 4.74 Å². The van der Waals surface area contributed by atoms with E-state index in [0.717, 1.165) is 6.07 Å². The summed E-state index contributed by atoms with van der Waals surface area (Å²) in [5.74, 6) is -2.11. The molecule has 2 rings (SSSR count). The summed E-state index contributed by atoms with van der Waals surface area (Å²) in [6, 6.07) is 1.06. The maximum atomic E-state index is 14.0. The third-order valence-corrected chi connectivity index (χ3v) is 2.89. The molecule has 0 amide bonds. The Morgan fingerprint density at radius 3 is 2.82 bits per heavy atom. The van der Waals surface area contributed by atoms with Gasteiger partial charge >= 0.3 is 0 Å². The van der Waals surface area contributed by atoms with Crippen LogP contribution in [0.25, 0.3) is 0 Å². The first kappa shape index (κ1) is 12.3. The molecule has 0 spiro atoms. The molecule has 17 heavy (non-hydrogen) atoms. The Morgan fingerprint density at radius 2 is 2.12 bits per heavy atom. The lowest BCUT2D eigenvalue weighted by Crippen LogP contribution is -2.15. The number of ether oxygens (including phenoxy) is 1. The summed E-state index contributed by atoms with van der Waals surface area (Å²) in [5, 5.41) is 0. The molecular weight excluding hydrogens is 250 g/mol. The van der Waals surface area contributed by atoms with Crippen molar-refractivity contribution in [2.45, 2.75) is 19.3 Å². The topological polar surface area (TPSA) is 26.3 Å². The normalized spacial score (nSPS) is 14.6.